The van der Waals surface area contributed by atoms with Crippen molar-refractivity contribution in [2.24, 2.45) is 64.6 Å². The number of esters is 6. The van der Waals surface area contributed by atoms with Gasteiger partial charge in [-0.2, -0.15) is 0 Å². The van der Waals surface area contributed by atoms with E-state index in [4.69, 9.17) is 56.8 Å². The topological polar surface area (TPSA) is 233 Å². The average Bonchev–Trinajstić information content (AvgIpc) is 4.25. The fourth-order valence-corrected chi connectivity index (χ4v) is 18.4. The van der Waals surface area contributed by atoms with Crippen molar-refractivity contribution in [3.63, 3.8) is 0 Å². The Morgan fingerprint density at radius 1 is 0.270 bits per heavy atom. The van der Waals surface area contributed by atoms with E-state index in [1.54, 1.807) is 0 Å². The zero-order chi connectivity index (χ0) is 60.9. The Hall–Kier alpha value is -3.42. The van der Waals surface area contributed by atoms with Crippen molar-refractivity contribution < 1.29 is 85.6 Å². The van der Waals surface area contributed by atoms with Crippen molar-refractivity contribution in [3.05, 3.63) is 0 Å². The van der Waals surface area contributed by atoms with Crippen molar-refractivity contribution in [2.45, 2.75) is 330 Å². The minimum Gasteiger partial charge on any atom is -0.465 e. The molecule has 6 heterocycles. The summed E-state index contributed by atoms with van der Waals surface area (Å²) < 4.78 is 67.8. The van der Waals surface area contributed by atoms with Crippen molar-refractivity contribution in [1.29, 1.82) is 0 Å². The van der Waals surface area contributed by atoms with E-state index in [-0.39, 0.29) is 101 Å². The molecular formula is C71H104O18. The molecule has 16 rings (SSSR count). The highest BCUT2D eigenvalue weighted by Gasteiger charge is 2.52. The molecule has 10 aliphatic carbocycles. The zero-order valence-electron chi connectivity index (χ0n) is 53.3. The van der Waals surface area contributed by atoms with Gasteiger partial charge in [0.05, 0.1) is 122 Å². The summed E-state index contributed by atoms with van der Waals surface area (Å²) in [5.41, 5.74) is 0.271. The third-order valence-corrected chi connectivity index (χ3v) is 25.1. The van der Waals surface area contributed by atoms with E-state index < -0.39 is 0 Å². The van der Waals surface area contributed by atoms with Gasteiger partial charge in [-0.3, -0.25) is 28.8 Å². The molecule has 18 atom stereocenters. The molecule has 0 aromatic heterocycles. The summed E-state index contributed by atoms with van der Waals surface area (Å²) in [4.78, 5) is 74.6. The lowest BCUT2D eigenvalue weighted by Gasteiger charge is -2.46. The van der Waals surface area contributed by atoms with Gasteiger partial charge < -0.3 is 56.8 Å². The molecule has 16 aliphatic rings. The monoisotopic (exact) mass is 1240 g/mol. The summed E-state index contributed by atoms with van der Waals surface area (Å²) in [6.07, 6.45) is 37.0. The Morgan fingerprint density at radius 3 is 0.708 bits per heavy atom. The molecule has 18 unspecified atom stereocenters. The first-order valence-corrected chi connectivity index (χ1v) is 36.3. The molecule has 0 amide bonds. The Labute approximate surface area is 527 Å². The Kier molecular flexibility index (Phi) is 19.5. The molecule has 18 nitrogen and oxygen atoms in total. The van der Waals surface area contributed by atoms with E-state index in [0.717, 1.165) is 218 Å². The number of fused-ring (bicyclic) bond motifs is 6. The number of hydrogen-bond donors (Lipinski definition) is 0. The standard InChI is InChI=1S/C29H44O6.C22H32O6.C20H28O6/c1-29(2,19-5-9-21(10-6-19)32-27(30)17-3-13-23-25(15-17)34-23)20-7-11-22(12-8-20)33-28(31)18-4-14-24-26(16-18)35-24;23-21(15-5-7-17-19(9-15)27-17)25-11-13-1-2-14(4-3-13)12-26-22(24)16-6-8-18-20(10-16)28-18;21-19(11-1-7-15-17(9-11)25-15)23-13-3-5-14(6-4-13)24-20(22)12-2-8-16-18(10-12)26-16/h17-26H,3-16H2,1-2H3;13-20H,1-12H2;11-18H,1-10H2. The summed E-state index contributed by atoms with van der Waals surface area (Å²) in [6, 6.07) is 0. The number of rotatable bonds is 16. The maximum Gasteiger partial charge on any atom is 0.309 e. The molecule has 0 aromatic rings. The molecule has 0 bridgehead atoms. The third kappa shape index (κ3) is 16.2. The van der Waals surface area contributed by atoms with Gasteiger partial charge >= 0.3 is 35.8 Å². The van der Waals surface area contributed by atoms with E-state index in [0.29, 0.717) is 110 Å². The van der Waals surface area contributed by atoms with E-state index >= 15 is 0 Å². The quantitative estimate of drug-likeness (QED) is 0.0794. The van der Waals surface area contributed by atoms with Crippen molar-refractivity contribution in [2.75, 3.05) is 13.2 Å². The fraction of sp³-hybridized carbons (Fsp3) is 0.915. The van der Waals surface area contributed by atoms with Crippen molar-refractivity contribution in [1.82, 2.24) is 0 Å². The van der Waals surface area contributed by atoms with Crippen LogP contribution in [-0.2, 0) is 85.6 Å². The van der Waals surface area contributed by atoms with Crippen LogP contribution in [0.15, 0.2) is 0 Å². The lowest BCUT2D eigenvalue weighted by atomic mass is 9.60. The minimum atomic E-state index is -0.0550. The lowest BCUT2D eigenvalue weighted by Crippen LogP contribution is -2.40. The first-order valence-electron chi connectivity index (χ1n) is 36.3. The van der Waals surface area contributed by atoms with Crippen LogP contribution in [0.3, 0.4) is 0 Å². The predicted molar refractivity (Wildman–Crippen MR) is 319 cm³/mol. The van der Waals surface area contributed by atoms with Gasteiger partial charge in [-0.25, -0.2) is 0 Å². The number of hydrogen-bond acceptors (Lipinski definition) is 18. The van der Waals surface area contributed by atoms with E-state index in [9.17, 15) is 28.8 Å². The van der Waals surface area contributed by atoms with Gasteiger partial charge in [0.15, 0.2) is 0 Å². The molecule has 0 N–H and O–H groups in total. The summed E-state index contributed by atoms with van der Waals surface area (Å²) >= 11 is 0. The van der Waals surface area contributed by atoms with Gasteiger partial charge in [-0.05, 0) is 247 Å². The summed E-state index contributed by atoms with van der Waals surface area (Å²) in [5.74, 6) is 2.31. The minimum absolute atomic E-state index is 0.00840. The van der Waals surface area contributed by atoms with Gasteiger partial charge in [0, 0.05) is 0 Å². The summed E-state index contributed by atoms with van der Waals surface area (Å²) in [7, 11) is 0. The molecule has 18 heteroatoms. The zero-order valence-corrected chi connectivity index (χ0v) is 53.3. The first-order chi connectivity index (χ1) is 43.2. The number of epoxide rings is 6. The second-order valence-corrected chi connectivity index (χ2v) is 31.4. The number of carbonyl (C=O) groups excluding carboxylic acids is 6. The molecule has 0 aromatic carbocycles. The van der Waals surface area contributed by atoms with Crippen LogP contribution < -0.4 is 0 Å². The van der Waals surface area contributed by atoms with Gasteiger partial charge in [0.2, 0.25) is 0 Å². The predicted octanol–water partition coefficient (Wildman–Crippen LogP) is 10.9. The molecule has 0 radical (unpaired) electrons. The fourth-order valence-electron chi connectivity index (χ4n) is 18.4. The lowest BCUT2D eigenvalue weighted by molar-refractivity contribution is -0.164. The molecular weight excluding hydrogens is 1140 g/mol. The molecule has 89 heavy (non-hydrogen) atoms. The maximum atomic E-state index is 12.7. The highest BCUT2D eigenvalue weighted by molar-refractivity contribution is 5.75. The van der Waals surface area contributed by atoms with Crippen LogP contribution in [0.5, 0.6) is 0 Å². The van der Waals surface area contributed by atoms with Crippen molar-refractivity contribution in [3.8, 4) is 0 Å². The molecule has 0 spiro atoms. The molecule has 6 saturated heterocycles. The van der Waals surface area contributed by atoms with Crippen LogP contribution >= 0.6 is 0 Å². The van der Waals surface area contributed by atoms with Crippen LogP contribution in [0.2, 0.25) is 0 Å². The van der Waals surface area contributed by atoms with Gasteiger partial charge in [-0.15, -0.1) is 0 Å². The van der Waals surface area contributed by atoms with Gasteiger partial charge in [0.1, 0.15) is 24.4 Å². The summed E-state index contributed by atoms with van der Waals surface area (Å²) in [5, 5.41) is 0. The Morgan fingerprint density at radius 2 is 0.483 bits per heavy atom. The molecule has 6 aliphatic heterocycles. The first kappa shape index (κ1) is 63.0. The highest BCUT2D eigenvalue weighted by atomic mass is 16.6. The third-order valence-electron chi connectivity index (χ3n) is 25.1. The van der Waals surface area contributed by atoms with E-state index in [2.05, 4.69) is 13.8 Å². The molecule has 16 fully saturated rings. The van der Waals surface area contributed by atoms with Gasteiger partial charge in [-0.1, -0.05) is 13.8 Å². The van der Waals surface area contributed by atoms with Crippen LogP contribution in [-0.4, -0.2) is 147 Å². The Balaban J connectivity index is 0.000000118. The average molecular weight is 1250 g/mol. The smallest absolute Gasteiger partial charge is 0.309 e. The number of ether oxygens (including phenoxy) is 12. The SMILES string of the molecule is CC(C)(C1CCC(OC(=O)C2CCC3OC3C2)CC1)C1CCC(OC(=O)C2CCC3OC3C2)CC1.O=C(OC1CCC(OC(=O)C2CCC3OC3C2)CC1)C1CCC2OC2C1.O=C(OCC1CCC(COC(=O)C2CCC3OC3C2)CC1)C1CCC2OC2C1. The van der Waals surface area contributed by atoms with E-state index in [1.165, 1.54) is 0 Å². The number of carbonyl (C=O) groups is 6. The maximum absolute atomic E-state index is 12.7. The Bertz CT molecular complexity index is 2320. The van der Waals surface area contributed by atoms with Crippen LogP contribution in [0.25, 0.3) is 0 Å². The van der Waals surface area contributed by atoms with Crippen molar-refractivity contribution >= 4 is 35.8 Å². The molecule has 10 saturated carbocycles. The normalized spacial score (nSPS) is 45.1. The van der Waals surface area contributed by atoms with Gasteiger partial charge in [0.25, 0.3) is 0 Å². The summed E-state index contributed by atoms with van der Waals surface area (Å²) in [6.45, 7) is 5.98. The largest absolute Gasteiger partial charge is 0.465 e. The molecule has 496 valence electrons. The van der Waals surface area contributed by atoms with Crippen LogP contribution in [0, 0.1) is 64.6 Å². The highest BCUT2D eigenvalue weighted by Crippen LogP contribution is 2.51. The van der Waals surface area contributed by atoms with Crippen LogP contribution in [0.1, 0.15) is 232 Å². The second-order valence-electron chi connectivity index (χ2n) is 31.4. The van der Waals surface area contributed by atoms with Crippen LogP contribution in [0.4, 0.5) is 0 Å². The second kappa shape index (κ2) is 27.5. The van der Waals surface area contributed by atoms with E-state index in [1.807, 2.05) is 0 Å².